The Morgan fingerprint density at radius 1 is 1.55 bits per heavy atom. The van der Waals surface area contributed by atoms with Gasteiger partial charge in [-0.25, -0.2) is 0 Å². The smallest absolute Gasteiger partial charge is 0.148 e. The molecule has 0 fully saturated rings. The quantitative estimate of drug-likeness (QED) is 0.603. The highest BCUT2D eigenvalue weighted by Crippen LogP contribution is 2.03. The van der Waals surface area contributed by atoms with Crippen molar-refractivity contribution >= 4 is 5.84 Å². The van der Waals surface area contributed by atoms with Gasteiger partial charge in [0.15, 0.2) is 0 Å². The van der Waals surface area contributed by atoms with Crippen LogP contribution in [-0.4, -0.2) is 23.8 Å². The third-order valence-corrected chi connectivity index (χ3v) is 1.74. The maximum Gasteiger partial charge on any atom is 0.148 e. The third kappa shape index (κ3) is 1.97. The average molecular weight is 154 g/mol. The molecule has 62 valence electrons. The molecule has 3 nitrogen and oxygen atoms in total. The minimum atomic E-state index is 0.891. The van der Waals surface area contributed by atoms with Crippen LogP contribution in [0.3, 0.4) is 0 Å². The van der Waals surface area contributed by atoms with Crippen LogP contribution in [0.2, 0.25) is 0 Å². The second kappa shape index (κ2) is 4.01. The highest BCUT2D eigenvalue weighted by atomic mass is 16.6. The van der Waals surface area contributed by atoms with Crippen LogP contribution in [-0.2, 0) is 4.84 Å². The monoisotopic (exact) mass is 154 g/mol. The van der Waals surface area contributed by atoms with Gasteiger partial charge in [-0.2, -0.15) is 0 Å². The minimum Gasteiger partial charge on any atom is -0.363 e. The van der Waals surface area contributed by atoms with E-state index in [0.717, 1.165) is 25.3 Å². The Morgan fingerprint density at radius 3 is 2.73 bits per heavy atom. The van der Waals surface area contributed by atoms with Crippen LogP contribution in [0.5, 0.6) is 0 Å². The summed E-state index contributed by atoms with van der Waals surface area (Å²) in [6.45, 7) is 6.22. The molecular formula is C8H14N2O. The number of hydrogen-bond acceptors (Lipinski definition) is 3. The summed E-state index contributed by atoms with van der Waals surface area (Å²) in [4.78, 5) is 7.02. The van der Waals surface area contributed by atoms with Gasteiger partial charge in [0.05, 0.1) is 0 Å². The van der Waals surface area contributed by atoms with Crippen LogP contribution >= 0.6 is 0 Å². The van der Waals surface area contributed by atoms with Crippen molar-refractivity contribution < 1.29 is 4.84 Å². The molecule has 0 spiro atoms. The van der Waals surface area contributed by atoms with Crippen LogP contribution in [0, 0.1) is 0 Å². The molecule has 0 amide bonds. The summed E-state index contributed by atoms with van der Waals surface area (Å²) in [5.41, 5.74) is 0. The van der Waals surface area contributed by atoms with E-state index >= 15 is 0 Å². The van der Waals surface area contributed by atoms with Crippen molar-refractivity contribution in [1.29, 1.82) is 0 Å². The van der Waals surface area contributed by atoms with Gasteiger partial charge in [0, 0.05) is 19.5 Å². The Balaban J connectivity index is 2.50. The predicted octanol–water partition coefficient (Wildman–Crippen LogP) is 1.58. The molecule has 1 aliphatic heterocycles. The van der Waals surface area contributed by atoms with E-state index in [1.807, 2.05) is 6.08 Å². The zero-order valence-electron chi connectivity index (χ0n) is 7.08. The SMILES string of the molecule is CCN(CC)C1=NOC=CC1. The maximum absolute atomic E-state index is 4.83. The van der Waals surface area contributed by atoms with Gasteiger partial charge in [0.25, 0.3) is 0 Å². The molecule has 0 N–H and O–H groups in total. The fraction of sp³-hybridized carbons (Fsp3) is 0.625. The van der Waals surface area contributed by atoms with Gasteiger partial charge < -0.3 is 9.74 Å². The summed E-state index contributed by atoms with van der Waals surface area (Å²) in [5, 5.41) is 3.93. The normalized spacial score (nSPS) is 15.6. The van der Waals surface area contributed by atoms with Crippen LogP contribution in [0.4, 0.5) is 0 Å². The van der Waals surface area contributed by atoms with Crippen molar-refractivity contribution in [2.75, 3.05) is 13.1 Å². The molecule has 11 heavy (non-hydrogen) atoms. The molecule has 0 atom stereocenters. The molecule has 1 rings (SSSR count). The molecule has 3 heteroatoms. The number of amidine groups is 1. The minimum absolute atomic E-state index is 0.891. The predicted molar refractivity (Wildman–Crippen MR) is 45.2 cm³/mol. The van der Waals surface area contributed by atoms with Crippen molar-refractivity contribution in [1.82, 2.24) is 4.90 Å². The first-order valence-electron chi connectivity index (χ1n) is 4.01. The van der Waals surface area contributed by atoms with Gasteiger partial charge in [-0.05, 0) is 19.9 Å². The van der Waals surface area contributed by atoms with Crippen molar-refractivity contribution in [3.05, 3.63) is 12.3 Å². The Kier molecular flexibility index (Phi) is 2.95. The molecule has 0 aromatic carbocycles. The Morgan fingerprint density at radius 2 is 2.27 bits per heavy atom. The number of hydrogen-bond donors (Lipinski definition) is 0. The van der Waals surface area contributed by atoms with E-state index in [2.05, 4.69) is 23.9 Å². The first-order valence-corrected chi connectivity index (χ1v) is 4.01. The van der Waals surface area contributed by atoms with E-state index in [4.69, 9.17) is 4.84 Å². The van der Waals surface area contributed by atoms with Crippen LogP contribution in [0.15, 0.2) is 17.5 Å². The molecular weight excluding hydrogens is 140 g/mol. The Labute approximate surface area is 67.3 Å². The van der Waals surface area contributed by atoms with Gasteiger partial charge in [0.1, 0.15) is 12.1 Å². The van der Waals surface area contributed by atoms with Crippen LogP contribution in [0.1, 0.15) is 20.3 Å². The van der Waals surface area contributed by atoms with Gasteiger partial charge in [-0.1, -0.05) is 5.16 Å². The zero-order chi connectivity index (χ0) is 8.10. The van der Waals surface area contributed by atoms with E-state index in [1.165, 1.54) is 0 Å². The summed E-state index contributed by atoms with van der Waals surface area (Å²) >= 11 is 0. The van der Waals surface area contributed by atoms with Crippen molar-refractivity contribution in [3.63, 3.8) is 0 Å². The summed E-state index contributed by atoms with van der Waals surface area (Å²) < 4.78 is 0. The molecule has 0 saturated carbocycles. The second-order valence-corrected chi connectivity index (χ2v) is 2.36. The second-order valence-electron chi connectivity index (χ2n) is 2.36. The van der Waals surface area contributed by atoms with Crippen molar-refractivity contribution in [3.8, 4) is 0 Å². The van der Waals surface area contributed by atoms with Crippen molar-refractivity contribution in [2.24, 2.45) is 5.16 Å². The van der Waals surface area contributed by atoms with Crippen LogP contribution < -0.4 is 0 Å². The molecule has 0 saturated heterocycles. The number of rotatable bonds is 2. The van der Waals surface area contributed by atoms with E-state index in [-0.39, 0.29) is 0 Å². The van der Waals surface area contributed by atoms with E-state index in [9.17, 15) is 0 Å². The highest BCUT2D eigenvalue weighted by Gasteiger charge is 2.07. The number of nitrogens with zero attached hydrogens (tertiary/aromatic N) is 2. The molecule has 0 aromatic heterocycles. The maximum atomic E-state index is 4.83. The third-order valence-electron chi connectivity index (χ3n) is 1.74. The molecule has 0 aliphatic carbocycles. The lowest BCUT2D eigenvalue weighted by atomic mass is 10.3. The Bertz CT molecular complexity index is 171. The molecule has 0 radical (unpaired) electrons. The largest absolute Gasteiger partial charge is 0.363 e. The summed E-state index contributed by atoms with van der Waals surface area (Å²) in [5.74, 6) is 1.03. The number of oxime groups is 1. The molecule has 0 unspecified atom stereocenters. The lowest BCUT2D eigenvalue weighted by molar-refractivity contribution is 0.249. The van der Waals surface area contributed by atoms with E-state index < -0.39 is 0 Å². The Hall–Kier alpha value is -0.990. The van der Waals surface area contributed by atoms with E-state index in [0.29, 0.717) is 0 Å². The van der Waals surface area contributed by atoms with Gasteiger partial charge in [0.2, 0.25) is 0 Å². The van der Waals surface area contributed by atoms with Crippen molar-refractivity contribution in [2.45, 2.75) is 20.3 Å². The summed E-state index contributed by atoms with van der Waals surface area (Å²) in [6.07, 6.45) is 4.48. The van der Waals surface area contributed by atoms with E-state index in [1.54, 1.807) is 6.26 Å². The molecule has 0 bridgehead atoms. The van der Waals surface area contributed by atoms with Gasteiger partial charge in [-0.15, -0.1) is 0 Å². The summed E-state index contributed by atoms with van der Waals surface area (Å²) in [6, 6.07) is 0. The van der Waals surface area contributed by atoms with Gasteiger partial charge in [-0.3, -0.25) is 0 Å². The molecule has 1 aliphatic rings. The topological polar surface area (TPSA) is 24.8 Å². The lowest BCUT2D eigenvalue weighted by Crippen LogP contribution is -2.30. The first kappa shape index (κ1) is 8.11. The highest BCUT2D eigenvalue weighted by molar-refractivity contribution is 5.83. The molecule has 0 aromatic rings. The fourth-order valence-electron chi connectivity index (χ4n) is 1.10. The van der Waals surface area contributed by atoms with Crippen LogP contribution in [0.25, 0.3) is 0 Å². The first-order chi connectivity index (χ1) is 5.38. The lowest BCUT2D eigenvalue weighted by Gasteiger charge is -2.22. The fourth-order valence-corrected chi connectivity index (χ4v) is 1.10. The zero-order valence-corrected chi connectivity index (χ0v) is 7.08. The molecule has 1 heterocycles. The average Bonchev–Trinajstić information content (AvgIpc) is 2.09. The van der Waals surface area contributed by atoms with Gasteiger partial charge >= 0.3 is 0 Å². The standard InChI is InChI=1S/C8H14N2O/c1-3-10(4-2)8-6-5-7-11-9-8/h5,7H,3-4,6H2,1-2H3. The summed E-state index contributed by atoms with van der Waals surface area (Å²) in [7, 11) is 0.